The van der Waals surface area contributed by atoms with Crippen LogP contribution in [0.4, 0.5) is 4.79 Å². The summed E-state index contributed by atoms with van der Waals surface area (Å²) >= 11 is 0. The molecule has 0 radical (unpaired) electrons. The number of benzene rings is 1. The van der Waals surface area contributed by atoms with Crippen molar-refractivity contribution in [3.63, 3.8) is 0 Å². The fraction of sp³-hybridized carbons (Fsp3) is 0.667. The van der Waals surface area contributed by atoms with Crippen molar-refractivity contribution >= 4 is 47.3 Å². The van der Waals surface area contributed by atoms with Crippen LogP contribution in [0.5, 0.6) is 0 Å². The zero-order valence-electron chi connectivity index (χ0n) is 36.7. The molecule has 1 atom stereocenters. The summed E-state index contributed by atoms with van der Waals surface area (Å²) in [7, 11) is 0. The molecule has 0 aromatic heterocycles. The molecule has 0 heterocycles. The molecule has 1 rings (SSSR count). The van der Waals surface area contributed by atoms with Gasteiger partial charge in [-0.15, -0.1) is 0 Å². The van der Waals surface area contributed by atoms with Crippen LogP contribution >= 0.6 is 0 Å². The predicted octanol–water partition coefficient (Wildman–Crippen LogP) is 3.13. The number of carbonyl (C=O) groups excluding carboxylic acids is 7. The third-order valence-corrected chi connectivity index (χ3v) is 9.60. The number of carbonyl (C=O) groups is 8. The van der Waals surface area contributed by atoms with Gasteiger partial charge in [-0.05, 0) is 76.2 Å². The molecule has 1 aromatic rings. The Morgan fingerprint density at radius 1 is 0.508 bits per heavy atom. The number of hydrogen-bond donors (Lipinski definition) is 9. The number of carboxylic acid groups (broad SMARTS) is 1. The zero-order chi connectivity index (χ0) is 46.7. The lowest BCUT2D eigenvalue weighted by atomic mass is 10.0. The normalized spacial score (nSPS) is 11.2. The molecule has 1 aromatic carbocycles. The first kappa shape index (κ1) is 55.8. The maximum atomic E-state index is 13.0. The topological polar surface area (TPSA) is 297 Å². The molecule has 0 aliphatic carbocycles. The summed E-state index contributed by atoms with van der Waals surface area (Å²) in [6.45, 7) is 3.51. The van der Waals surface area contributed by atoms with E-state index >= 15 is 0 Å². The molecular weight excluding hydrogens is 825 g/mol. The first-order chi connectivity index (χ1) is 30.2. The Morgan fingerprint density at radius 3 is 1.35 bits per heavy atom. The maximum Gasteiger partial charge on any atom is 0.404 e. The van der Waals surface area contributed by atoms with E-state index < -0.39 is 29.9 Å². The number of unbranched alkanes of at least 4 members (excludes halogenated alkanes) is 8. The van der Waals surface area contributed by atoms with Gasteiger partial charge in [-0.2, -0.15) is 0 Å². The molecule has 0 aliphatic heterocycles. The van der Waals surface area contributed by atoms with Crippen LogP contribution in [0.2, 0.25) is 0 Å². The minimum atomic E-state index is -1.06. The van der Waals surface area contributed by atoms with E-state index in [4.69, 9.17) is 9.94 Å². The summed E-state index contributed by atoms with van der Waals surface area (Å²) in [4.78, 5) is 101. The van der Waals surface area contributed by atoms with E-state index in [1.165, 1.54) is 6.92 Å². The molecule has 0 saturated carbocycles. The van der Waals surface area contributed by atoms with Crippen molar-refractivity contribution in [2.75, 3.05) is 52.4 Å². The van der Waals surface area contributed by atoms with Gasteiger partial charge in [0.15, 0.2) is 11.9 Å². The number of hydroxylamine groups is 7. The summed E-state index contributed by atoms with van der Waals surface area (Å²) in [5.41, 5.74) is 3.47. The van der Waals surface area contributed by atoms with Crippen LogP contribution in [0, 0.1) is 0 Å². The van der Waals surface area contributed by atoms with Crippen LogP contribution in [0.15, 0.2) is 30.3 Å². The second-order valence-corrected chi connectivity index (χ2v) is 15.0. The fourth-order valence-corrected chi connectivity index (χ4v) is 5.90. The van der Waals surface area contributed by atoms with E-state index in [9.17, 15) is 54.0 Å². The molecule has 0 spiro atoms. The quantitative estimate of drug-likeness (QED) is 0.0264. The van der Waals surface area contributed by atoms with Crippen molar-refractivity contribution in [1.82, 2.24) is 41.9 Å². The monoisotopic (exact) mass is 895 g/mol. The van der Waals surface area contributed by atoms with Gasteiger partial charge in [-0.25, -0.2) is 25.5 Å². The van der Waals surface area contributed by atoms with Crippen LogP contribution < -0.4 is 26.7 Å². The second kappa shape index (κ2) is 35.3. The Balaban J connectivity index is 2.11. The minimum absolute atomic E-state index is 0.0221. The molecule has 63 heavy (non-hydrogen) atoms. The van der Waals surface area contributed by atoms with Crippen molar-refractivity contribution in [3.05, 3.63) is 35.9 Å². The number of Topliss-reactive ketones (excluding diaryl/α,β-unsaturated/α-hetero) is 1. The average Bonchev–Trinajstić information content (AvgIpc) is 3.26. The van der Waals surface area contributed by atoms with Crippen LogP contribution in [0.3, 0.4) is 0 Å². The Morgan fingerprint density at radius 2 is 0.905 bits per heavy atom. The molecule has 21 nitrogen and oxygen atoms in total. The van der Waals surface area contributed by atoms with Crippen LogP contribution in [-0.4, -0.2) is 136 Å². The first-order valence-corrected chi connectivity index (χ1v) is 21.9. The number of rotatable bonds is 37. The number of amides is 7. The summed E-state index contributed by atoms with van der Waals surface area (Å²) in [5.74, 6) is -2.83. The number of ketones is 1. The van der Waals surface area contributed by atoms with Gasteiger partial charge >= 0.3 is 6.09 Å². The van der Waals surface area contributed by atoms with E-state index in [2.05, 4.69) is 26.7 Å². The Hall–Kier alpha value is -5.22. The van der Waals surface area contributed by atoms with Crippen molar-refractivity contribution < 1.29 is 63.9 Å². The molecule has 21 heteroatoms. The molecular formula is C42H70N8O13. The van der Waals surface area contributed by atoms with Crippen molar-refractivity contribution in [1.29, 1.82) is 0 Å². The van der Waals surface area contributed by atoms with Gasteiger partial charge in [0, 0.05) is 97.8 Å². The highest BCUT2D eigenvalue weighted by molar-refractivity contribution is 5.88. The van der Waals surface area contributed by atoms with E-state index in [0.717, 1.165) is 6.42 Å². The number of nitrogens with one attached hydrogen (secondary N) is 5. The third kappa shape index (κ3) is 29.7. The predicted molar refractivity (Wildman–Crippen MR) is 228 cm³/mol. The molecule has 0 fully saturated rings. The van der Waals surface area contributed by atoms with Gasteiger partial charge < -0.3 is 26.4 Å². The van der Waals surface area contributed by atoms with Gasteiger partial charge in [0.05, 0.1) is 0 Å². The highest BCUT2D eigenvalue weighted by Gasteiger charge is 2.22. The average molecular weight is 895 g/mol. The molecule has 0 bridgehead atoms. The smallest absolute Gasteiger partial charge is 0.404 e. The van der Waals surface area contributed by atoms with Crippen molar-refractivity contribution in [2.24, 2.45) is 0 Å². The standard InChI is InChI=1S/C42H70N8O13/c1-33(51)48(60)30-14-4-10-26-44-37(54)21-23-39(56)50(62)32-16-6-12-27-45-38(55)22-24-40(57)49(61)31-15-5-11-25-43-36(53)20-19-35(52)41(34-17-7-2-8-18-34)63-47-29-13-3-9-28-46-42(58)59/h2,7-8,17-18,41,46-47,60-62H,3-6,9-16,19-32H2,1H3,(H,43,53)(H,44,54)(H,45,55)(H,58,59). The SMILES string of the molecule is CC(=O)N(O)CCCCCNC(=O)CCC(=O)N(O)CCCCCNC(=O)CCC(=O)N(O)CCCCCNC(=O)CCC(=O)C(ONCCCCCNC(=O)O)c1ccccc1. The van der Waals surface area contributed by atoms with Gasteiger partial charge in [0.1, 0.15) is 0 Å². The molecule has 0 aliphatic rings. The molecule has 7 amide bonds. The molecule has 356 valence electrons. The molecule has 0 saturated heterocycles. The minimum Gasteiger partial charge on any atom is -0.465 e. The summed E-state index contributed by atoms with van der Waals surface area (Å²) in [5, 5.41) is 50.3. The van der Waals surface area contributed by atoms with Crippen molar-refractivity contribution in [2.45, 2.75) is 129 Å². The van der Waals surface area contributed by atoms with Gasteiger partial charge in [-0.1, -0.05) is 36.8 Å². The maximum absolute atomic E-state index is 13.0. The Kier molecular flexibility index (Phi) is 31.2. The van der Waals surface area contributed by atoms with Crippen LogP contribution in [-0.2, 0) is 38.4 Å². The van der Waals surface area contributed by atoms with Crippen molar-refractivity contribution in [3.8, 4) is 0 Å². The largest absolute Gasteiger partial charge is 0.465 e. The lowest BCUT2D eigenvalue weighted by molar-refractivity contribution is -0.166. The highest BCUT2D eigenvalue weighted by atomic mass is 16.7. The lowest BCUT2D eigenvalue weighted by Crippen LogP contribution is -2.31. The number of nitrogens with zero attached hydrogens (tertiary/aromatic N) is 3. The van der Waals surface area contributed by atoms with Crippen LogP contribution in [0.25, 0.3) is 0 Å². The van der Waals surface area contributed by atoms with Gasteiger partial charge in [0.2, 0.25) is 35.4 Å². The highest BCUT2D eigenvalue weighted by Crippen LogP contribution is 2.20. The lowest BCUT2D eigenvalue weighted by Gasteiger charge is -2.17. The van der Waals surface area contributed by atoms with Gasteiger partial charge in [-0.3, -0.25) is 54.0 Å². The van der Waals surface area contributed by atoms with E-state index in [1.54, 1.807) is 24.3 Å². The fourth-order valence-electron chi connectivity index (χ4n) is 5.90. The van der Waals surface area contributed by atoms with E-state index in [1.807, 2.05) is 6.07 Å². The van der Waals surface area contributed by atoms with E-state index in [0.29, 0.717) is 124 Å². The molecule has 1 unspecified atom stereocenters. The van der Waals surface area contributed by atoms with Gasteiger partial charge in [0.25, 0.3) is 0 Å². The Bertz CT molecular complexity index is 1520. The van der Waals surface area contributed by atoms with E-state index in [-0.39, 0.29) is 81.7 Å². The Labute approximate surface area is 369 Å². The third-order valence-electron chi connectivity index (χ3n) is 9.60. The zero-order valence-corrected chi connectivity index (χ0v) is 36.7. The number of hydrogen-bond acceptors (Lipinski definition) is 13. The summed E-state index contributed by atoms with van der Waals surface area (Å²) < 4.78 is 0. The second-order valence-electron chi connectivity index (χ2n) is 15.0. The first-order valence-electron chi connectivity index (χ1n) is 21.9. The summed E-state index contributed by atoms with van der Waals surface area (Å²) in [6, 6.07) is 8.93. The molecule has 9 N–H and O–H groups in total. The van der Waals surface area contributed by atoms with Crippen LogP contribution in [0.1, 0.15) is 134 Å². The summed E-state index contributed by atoms with van der Waals surface area (Å²) in [6.07, 6.45) is 4.86.